The molecule has 2 aliphatic rings. The Morgan fingerprint density at radius 1 is 1.13 bits per heavy atom. The first-order valence-electron chi connectivity index (χ1n) is 11.0. The zero-order valence-electron chi connectivity index (χ0n) is 18.1. The maximum Gasteiger partial charge on any atom is 0.322 e. The van der Waals surface area contributed by atoms with E-state index in [0.29, 0.717) is 12.3 Å². The van der Waals surface area contributed by atoms with Gasteiger partial charge in [-0.05, 0) is 69.7 Å². The van der Waals surface area contributed by atoms with Crippen molar-refractivity contribution in [3.63, 3.8) is 0 Å². The first kappa shape index (κ1) is 20.7. The summed E-state index contributed by atoms with van der Waals surface area (Å²) in [4.78, 5) is 36.6. The van der Waals surface area contributed by atoms with Crippen molar-refractivity contribution in [3.8, 4) is 0 Å². The van der Waals surface area contributed by atoms with Crippen LogP contribution < -0.4 is 10.6 Å². The minimum Gasteiger partial charge on any atom is -0.323 e. The van der Waals surface area contributed by atoms with E-state index >= 15 is 0 Å². The molecule has 2 fully saturated rings. The average Bonchev–Trinajstić information content (AvgIpc) is 3.01. The Balaban J connectivity index is 1.44. The summed E-state index contributed by atoms with van der Waals surface area (Å²) in [5, 5.41) is 5.48. The Hall–Kier alpha value is -2.54. The van der Waals surface area contributed by atoms with Crippen LogP contribution >= 0.6 is 0 Å². The number of aromatic nitrogens is 2. The largest absolute Gasteiger partial charge is 0.323 e. The van der Waals surface area contributed by atoms with Crippen LogP contribution in [-0.4, -0.2) is 45.4 Å². The molecule has 3 heterocycles. The molecular formula is C23H31N5O2. The predicted molar refractivity (Wildman–Crippen MR) is 116 cm³/mol. The quantitative estimate of drug-likeness (QED) is 0.716. The van der Waals surface area contributed by atoms with Crippen LogP contribution in [0.25, 0.3) is 11.0 Å². The number of piperidine rings is 1. The maximum atomic E-state index is 12.7. The topological polar surface area (TPSA) is 87.2 Å². The number of fused-ring (bicyclic) bond motifs is 1. The molecule has 0 aliphatic carbocycles. The summed E-state index contributed by atoms with van der Waals surface area (Å²) in [7, 11) is 0. The second-order valence-electron chi connectivity index (χ2n) is 9.11. The molecule has 2 saturated heterocycles. The standard InChI is InChI=1S/C23H31N5O2/c1-15(2)8-11-23(21(29)26-22(30)27-23)17-9-12-28(13-10-17)14-20-16(3)24-18-6-4-5-7-19(18)25-20/h4-7,15,17H,8-14H2,1-3H3,(H2,26,27,29,30). The molecular weight excluding hydrogens is 378 g/mol. The molecule has 7 nitrogen and oxygen atoms in total. The fourth-order valence-electron chi connectivity index (χ4n) is 4.76. The van der Waals surface area contributed by atoms with Crippen molar-refractivity contribution < 1.29 is 9.59 Å². The number of carbonyl (C=O) groups excluding carboxylic acids is 2. The molecule has 1 unspecified atom stereocenters. The van der Waals surface area contributed by atoms with Crippen LogP contribution in [0.1, 0.15) is 50.9 Å². The molecule has 0 saturated carbocycles. The number of hydrogen-bond donors (Lipinski definition) is 2. The number of rotatable bonds is 6. The SMILES string of the molecule is Cc1nc2ccccc2nc1CN1CCC(C2(CCC(C)C)NC(=O)NC2=O)CC1. The average molecular weight is 410 g/mol. The number of nitrogens with one attached hydrogen (secondary N) is 2. The molecule has 0 radical (unpaired) electrons. The Kier molecular flexibility index (Phi) is 5.73. The van der Waals surface area contributed by atoms with Crippen LogP contribution in [-0.2, 0) is 11.3 Å². The highest BCUT2D eigenvalue weighted by atomic mass is 16.2. The van der Waals surface area contributed by atoms with Crippen LogP contribution in [0.15, 0.2) is 24.3 Å². The van der Waals surface area contributed by atoms with Crippen molar-refractivity contribution in [2.24, 2.45) is 11.8 Å². The summed E-state index contributed by atoms with van der Waals surface area (Å²) in [6, 6.07) is 7.60. The highest BCUT2D eigenvalue weighted by molar-refractivity contribution is 6.07. The molecule has 2 aromatic rings. The molecule has 0 spiro atoms. The number of urea groups is 1. The summed E-state index contributed by atoms with van der Waals surface area (Å²) in [5.74, 6) is 0.493. The molecule has 2 N–H and O–H groups in total. The Bertz CT molecular complexity index is 952. The maximum absolute atomic E-state index is 12.7. The van der Waals surface area contributed by atoms with Crippen molar-refractivity contribution in [1.29, 1.82) is 0 Å². The molecule has 7 heteroatoms. The van der Waals surface area contributed by atoms with E-state index in [1.807, 2.05) is 31.2 Å². The zero-order chi connectivity index (χ0) is 21.3. The van der Waals surface area contributed by atoms with Gasteiger partial charge in [-0.2, -0.15) is 0 Å². The van der Waals surface area contributed by atoms with Crippen LogP contribution in [0.2, 0.25) is 0 Å². The molecule has 30 heavy (non-hydrogen) atoms. The summed E-state index contributed by atoms with van der Waals surface area (Å²) in [5.41, 5.74) is 3.06. The number of nitrogens with zero attached hydrogens (tertiary/aromatic N) is 3. The third-order valence-electron chi connectivity index (χ3n) is 6.59. The van der Waals surface area contributed by atoms with Gasteiger partial charge in [0.1, 0.15) is 5.54 Å². The van der Waals surface area contributed by atoms with Crippen molar-refractivity contribution in [2.45, 2.75) is 58.5 Å². The minimum absolute atomic E-state index is 0.150. The normalized spacial score (nSPS) is 23.2. The summed E-state index contributed by atoms with van der Waals surface area (Å²) >= 11 is 0. The lowest BCUT2D eigenvalue weighted by atomic mass is 9.74. The molecule has 160 valence electrons. The molecule has 2 aliphatic heterocycles. The minimum atomic E-state index is -0.758. The fraction of sp³-hybridized carbons (Fsp3) is 0.565. The third kappa shape index (κ3) is 4.03. The lowest BCUT2D eigenvalue weighted by Gasteiger charge is -2.41. The molecule has 3 amide bonds. The number of likely N-dealkylation sites (tertiary alicyclic amines) is 1. The number of para-hydroxylation sites is 2. The first-order valence-corrected chi connectivity index (χ1v) is 11.0. The number of aryl methyl sites for hydroxylation is 1. The Morgan fingerprint density at radius 3 is 2.40 bits per heavy atom. The zero-order valence-corrected chi connectivity index (χ0v) is 18.1. The van der Waals surface area contributed by atoms with E-state index in [-0.39, 0.29) is 17.9 Å². The van der Waals surface area contributed by atoms with Crippen molar-refractivity contribution in [3.05, 3.63) is 35.7 Å². The van der Waals surface area contributed by atoms with E-state index in [1.165, 1.54) is 0 Å². The van der Waals surface area contributed by atoms with Gasteiger partial charge in [-0.1, -0.05) is 26.0 Å². The van der Waals surface area contributed by atoms with Gasteiger partial charge in [0.25, 0.3) is 5.91 Å². The molecule has 1 aromatic carbocycles. The van der Waals surface area contributed by atoms with E-state index < -0.39 is 5.54 Å². The van der Waals surface area contributed by atoms with Gasteiger partial charge in [0, 0.05) is 6.54 Å². The van der Waals surface area contributed by atoms with E-state index in [4.69, 9.17) is 9.97 Å². The van der Waals surface area contributed by atoms with Crippen molar-refractivity contribution in [2.75, 3.05) is 13.1 Å². The van der Waals surface area contributed by atoms with Gasteiger partial charge in [-0.25, -0.2) is 14.8 Å². The van der Waals surface area contributed by atoms with Crippen LogP contribution in [0.5, 0.6) is 0 Å². The number of hydrogen-bond acceptors (Lipinski definition) is 5. The number of imide groups is 1. The number of amides is 3. The fourth-order valence-corrected chi connectivity index (χ4v) is 4.76. The van der Waals surface area contributed by atoms with E-state index in [2.05, 4.69) is 29.4 Å². The van der Waals surface area contributed by atoms with E-state index in [9.17, 15) is 9.59 Å². The van der Waals surface area contributed by atoms with Crippen LogP contribution in [0.4, 0.5) is 4.79 Å². The van der Waals surface area contributed by atoms with Gasteiger partial charge in [0.2, 0.25) is 0 Å². The monoisotopic (exact) mass is 409 g/mol. The molecule has 0 bridgehead atoms. The van der Waals surface area contributed by atoms with Gasteiger partial charge in [-0.3, -0.25) is 15.0 Å². The van der Waals surface area contributed by atoms with Gasteiger partial charge in [0.05, 0.1) is 22.4 Å². The van der Waals surface area contributed by atoms with Gasteiger partial charge >= 0.3 is 6.03 Å². The highest BCUT2D eigenvalue weighted by Crippen LogP contribution is 2.35. The summed E-state index contributed by atoms with van der Waals surface area (Å²) < 4.78 is 0. The third-order valence-corrected chi connectivity index (χ3v) is 6.59. The molecule has 1 atom stereocenters. The summed E-state index contributed by atoms with van der Waals surface area (Å²) in [6.07, 6.45) is 3.37. The van der Waals surface area contributed by atoms with E-state index in [1.54, 1.807) is 0 Å². The van der Waals surface area contributed by atoms with Gasteiger partial charge in [-0.15, -0.1) is 0 Å². The Morgan fingerprint density at radius 2 is 1.80 bits per heavy atom. The second kappa shape index (κ2) is 8.30. The highest BCUT2D eigenvalue weighted by Gasteiger charge is 2.51. The van der Waals surface area contributed by atoms with Crippen molar-refractivity contribution in [1.82, 2.24) is 25.5 Å². The second-order valence-corrected chi connectivity index (χ2v) is 9.11. The lowest BCUT2D eigenvalue weighted by molar-refractivity contribution is -0.127. The van der Waals surface area contributed by atoms with Crippen molar-refractivity contribution >= 4 is 23.0 Å². The molecule has 1 aromatic heterocycles. The molecule has 4 rings (SSSR count). The lowest BCUT2D eigenvalue weighted by Crippen LogP contribution is -2.56. The van der Waals surface area contributed by atoms with Gasteiger partial charge < -0.3 is 5.32 Å². The smallest absolute Gasteiger partial charge is 0.322 e. The first-order chi connectivity index (χ1) is 14.4. The van der Waals surface area contributed by atoms with Gasteiger partial charge in [0.15, 0.2) is 0 Å². The van der Waals surface area contributed by atoms with Crippen LogP contribution in [0.3, 0.4) is 0 Å². The number of benzene rings is 1. The predicted octanol–water partition coefficient (Wildman–Crippen LogP) is 3.16. The van der Waals surface area contributed by atoms with E-state index in [0.717, 1.165) is 61.3 Å². The Labute approximate surface area is 177 Å². The number of carbonyl (C=O) groups is 2. The summed E-state index contributed by atoms with van der Waals surface area (Å²) in [6.45, 7) is 8.83. The van der Waals surface area contributed by atoms with Crippen LogP contribution in [0, 0.1) is 18.8 Å².